The third kappa shape index (κ3) is 5.34. The van der Waals surface area contributed by atoms with Crippen LogP contribution in [0.3, 0.4) is 0 Å². The minimum absolute atomic E-state index is 0.0268. The summed E-state index contributed by atoms with van der Waals surface area (Å²) in [5.41, 5.74) is 0.509. The van der Waals surface area contributed by atoms with Crippen molar-refractivity contribution >= 4 is 5.78 Å². The molecular formula is C33H54O9. The molecule has 9 heteroatoms. The molecule has 0 aromatic heterocycles. The van der Waals surface area contributed by atoms with E-state index in [1.165, 1.54) is 5.57 Å². The summed E-state index contributed by atoms with van der Waals surface area (Å²) in [6.07, 6.45) is -0.185. The van der Waals surface area contributed by atoms with Gasteiger partial charge in [0.15, 0.2) is 6.29 Å². The van der Waals surface area contributed by atoms with Crippen LogP contribution in [-0.2, 0) is 14.3 Å². The first-order valence-corrected chi connectivity index (χ1v) is 16.3. The SMILES string of the molecule is CC(C)C(O)CCC(C)C1C(OC2OC(CO)C(O)C(O)C2O)CC2C3CC=C4CC(O)CCC4(C)C3CC(=O)C21C. The number of aliphatic hydroxyl groups is 6. The topological polar surface area (TPSA) is 157 Å². The maximum atomic E-state index is 14.4. The summed E-state index contributed by atoms with van der Waals surface area (Å²) in [7, 11) is 0. The standard InChI is InChI=1S/C33H54O9/c1-16(2)23(36)9-6-17(3)27-24(41-31-30(40)29(39)28(38)25(15-34)42-31)13-22-20-8-7-18-12-19(35)10-11-32(18,4)21(20)14-26(37)33(22,27)5/h7,16-17,19-25,27-31,34-36,38-40H,6,8-15H2,1-5H3. The second-order valence-electron chi connectivity index (χ2n) is 15.1. The number of ketones is 1. The highest BCUT2D eigenvalue weighted by atomic mass is 16.7. The number of carbonyl (C=O) groups is 1. The van der Waals surface area contributed by atoms with Gasteiger partial charge in [0, 0.05) is 17.8 Å². The van der Waals surface area contributed by atoms with E-state index in [1.54, 1.807) is 0 Å². The lowest BCUT2D eigenvalue weighted by molar-refractivity contribution is -0.315. The Labute approximate surface area is 250 Å². The Hall–Kier alpha value is -0.910. The van der Waals surface area contributed by atoms with Crippen molar-refractivity contribution in [2.24, 2.45) is 46.3 Å². The van der Waals surface area contributed by atoms with Gasteiger partial charge in [0.05, 0.1) is 24.9 Å². The van der Waals surface area contributed by atoms with Gasteiger partial charge in [-0.05, 0) is 80.0 Å². The highest BCUT2D eigenvalue weighted by molar-refractivity contribution is 5.87. The molecule has 3 saturated carbocycles. The molecule has 0 radical (unpaired) electrons. The zero-order valence-electron chi connectivity index (χ0n) is 25.9. The van der Waals surface area contributed by atoms with E-state index in [-0.39, 0.29) is 52.8 Å². The van der Waals surface area contributed by atoms with Gasteiger partial charge in [-0.2, -0.15) is 0 Å². The van der Waals surface area contributed by atoms with Crippen LogP contribution in [0.15, 0.2) is 11.6 Å². The lowest BCUT2D eigenvalue weighted by atomic mass is 9.46. The average molecular weight is 595 g/mol. The van der Waals surface area contributed by atoms with Crippen molar-refractivity contribution in [3.8, 4) is 0 Å². The number of carbonyl (C=O) groups excluding carboxylic acids is 1. The van der Waals surface area contributed by atoms with Gasteiger partial charge in [0.25, 0.3) is 0 Å². The minimum Gasteiger partial charge on any atom is -0.394 e. The second kappa shape index (κ2) is 12.1. The molecule has 0 aromatic carbocycles. The molecule has 4 aliphatic carbocycles. The first kappa shape index (κ1) is 32.5. The van der Waals surface area contributed by atoms with Crippen LogP contribution in [-0.4, -0.2) is 92.0 Å². The molecule has 1 aliphatic heterocycles. The number of ether oxygens (including phenoxy) is 2. The molecule has 0 spiro atoms. The van der Waals surface area contributed by atoms with Gasteiger partial charge in [-0.3, -0.25) is 4.79 Å². The first-order valence-electron chi connectivity index (χ1n) is 16.3. The van der Waals surface area contributed by atoms with E-state index in [4.69, 9.17) is 9.47 Å². The molecule has 42 heavy (non-hydrogen) atoms. The smallest absolute Gasteiger partial charge is 0.186 e. The van der Waals surface area contributed by atoms with E-state index < -0.39 is 54.9 Å². The van der Waals surface area contributed by atoms with E-state index >= 15 is 0 Å². The Morgan fingerprint density at radius 3 is 2.40 bits per heavy atom. The Morgan fingerprint density at radius 2 is 1.74 bits per heavy atom. The van der Waals surface area contributed by atoms with Crippen LogP contribution < -0.4 is 0 Å². The molecule has 0 aromatic rings. The number of hydrogen-bond donors (Lipinski definition) is 6. The van der Waals surface area contributed by atoms with Gasteiger partial charge in [-0.1, -0.05) is 46.3 Å². The molecule has 1 heterocycles. The first-order chi connectivity index (χ1) is 19.7. The zero-order chi connectivity index (χ0) is 30.7. The zero-order valence-corrected chi connectivity index (χ0v) is 25.9. The molecule has 4 fully saturated rings. The predicted molar refractivity (Wildman–Crippen MR) is 155 cm³/mol. The van der Waals surface area contributed by atoms with Crippen LogP contribution in [0.1, 0.15) is 86.0 Å². The number of hydrogen-bond acceptors (Lipinski definition) is 9. The number of Topliss-reactive ketones (excluding diaryl/α,β-unsaturated/α-hetero) is 1. The van der Waals surface area contributed by atoms with Crippen LogP contribution >= 0.6 is 0 Å². The van der Waals surface area contributed by atoms with Crippen LogP contribution in [0, 0.1) is 46.3 Å². The number of rotatable bonds is 8. The molecule has 6 N–H and O–H groups in total. The van der Waals surface area contributed by atoms with Crippen molar-refractivity contribution in [1.82, 2.24) is 0 Å². The molecule has 0 bridgehead atoms. The van der Waals surface area contributed by atoms with Gasteiger partial charge >= 0.3 is 0 Å². The fourth-order valence-corrected chi connectivity index (χ4v) is 9.80. The van der Waals surface area contributed by atoms with E-state index in [1.807, 2.05) is 13.8 Å². The van der Waals surface area contributed by atoms with E-state index in [2.05, 4.69) is 26.8 Å². The quantitative estimate of drug-likeness (QED) is 0.232. The van der Waals surface area contributed by atoms with Crippen LogP contribution in [0.5, 0.6) is 0 Å². The molecule has 9 nitrogen and oxygen atoms in total. The summed E-state index contributed by atoms with van der Waals surface area (Å²) in [6, 6.07) is 0. The summed E-state index contributed by atoms with van der Waals surface area (Å²) in [5, 5.41) is 62.3. The van der Waals surface area contributed by atoms with Crippen molar-refractivity contribution in [2.45, 2.75) is 135 Å². The average Bonchev–Trinajstić information content (AvgIpc) is 3.25. The molecule has 5 rings (SSSR count). The largest absolute Gasteiger partial charge is 0.394 e. The minimum atomic E-state index is -1.54. The van der Waals surface area contributed by atoms with Crippen molar-refractivity contribution in [2.75, 3.05) is 6.61 Å². The van der Waals surface area contributed by atoms with Crippen LogP contribution in [0.2, 0.25) is 0 Å². The monoisotopic (exact) mass is 594 g/mol. The van der Waals surface area contributed by atoms with E-state index in [0.717, 1.165) is 19.3 Å². The lowest BCUT2D eigenvalue weighted by Gasteiger charge is -2.57. The third-order valence-electron chi connectivity index (χ3n) is 12.5. The summed E-state index contributed by atoms with van der Waals surface area (Å²) in [6.45, 7) is 9.95. The van der Waals surface area contributed by atoms with E-state index in [9.17, 15) is 35.4 Å². The third-order valence-corrected chi connectivity index (χ3v) is 12.5. The fourth-order valence-electron chi connectivity index (χ4n) is 9.80. The number of allylic oxidation sites excluding steroid dienone is 1. The molecule has 1 saturated heterocycles. The summed E-state index contributed by atoms with van der Waals surface area (Å²) in [5.74, 6) is 0.704. The van der Waals surface area contributed by atoms with Gasteiger partial charge in [-0.15, -0.1) is 0 Å². The maximum Gasteiger partial charge on any atom is 0.186 e. The van der Waals surface area contributed by atoms with Crippen molar-refractivity contribution in [3.63, 3.8) is 0 Å². The van der Waals surface area contributed by atoms with Crippen molar-refractivity contribution < 1.29 is 44.9 Å². The summed E-state index contributed by atoms with van der Waals surface area (Å²) < 4.78 is 12.3. The van der Waals surface area contributed by atoms with Gasteiger partial charge in [0.2, 0.25) is 0 Å². The summed E-state index contributed by atoms with van der Waals surface area (Å²) in [4.78, 5) is 14.4. The maximum absolute atomic E-state index is 14.4. The Bertz CT molecular complexity index is 1010. The lowest BCUT2D eigenvalue weighted by Crippen LogP contribution is -2.60. The van der Waals surface area contributed by atoms with Crippen LogP contribution in [0.4, 0.5) is 0 Å². The summed E-state index contributed by atoms with van der Waals surface area (Å²) >= 11 is 0. The molecule has 15 atom stereocenters. The van der Waals surface area contributed by atoms with Gasteiger partial charge in [-0.25, -0.2) is 0 Å². The van der Waals surface area contributed by atoms with Crippen LogP contribution in [0.25, 0.3) is 0 Å². The molecule has 240 valence electrons. The van der Waals surface area contributed by atoms with E-state index in [0.29, 0.717) is 32.1 Å². The normalized spacial score (nSPS) is 48.7. The predicted octanol–water partition coefficient (Wildman–Crippen LogP) is 2.33. The number of fused-ring (bicyclic) bond motifs is 5. The van der Waals surface area contributed by atoms with Crippen molar-refractivity contribution in [1.29, 1.82) is 0 Å². The molecule has 0 amide bonds. The van der Waals surface area contributed by atoms with Gasteiger partial charge < -0.3 is 40.1 Å². The second-order valence-corrected chi connectivity index (χ2v) is 15.1. The Morgan fingerprint density at radius 1 is 1.02 bits per heavy atom. The van der Waals surface area contributed by atoms with Crippen molar-refractivity contribution in [3.05, 3.63) is 11.6 Å². The molecule has 5 aliphatic rings. The highest BCUT2D eigenvalue weighted by Gasteiger charge is 2.66. The number of aliphatic hydroxyl groups excluding tert-OH is 6. The van der Waals surface area contributed by atoms with Gasteiger partial charge in [0.1, 0.15) is 30.2 Å². The molecular weight excluding hydrogens is 540 g/mol. The fraction of sp³-hybridized carbons (Fsp3) is 0.909. The Kier molecular flexibility index (Phi) is 9.37. The molecule has 15 unspecified atom stereocenters. The Balaban J connectivity index is 1.47. The highest BCUT2D eigenvalue weighted by Crippen LogP contribution is 2.66.